The number of carbonyl (C=O) groups is 2. The molecule has 0 bridgehead atoms. The molecule has 1 N–H and O–H groups in total. The Balaban J connectivity index is 2.26. The highest BCUT2D eigenvalue weighted by atomic mass is 35.5. The molecule has 4 nitrogen and oxygen atoms in total. The van der Waals surface area contributed by atoms with Crippen LogP contribution in [-0.2, 0) is 4.79 Å². The Bertz CT molecular complexity index is 233. The number of hydrogen-bond donors (Lipinski definition) is 1. The average Bonchev–Trinajstić information content (AvgIpc) is 2.41. The first-order valence-electron chi connectivity index (χ1n) is 4.97. The SMILES string of the molecule is CCCCCCC1NC(=O)N(Cl)C1=O. The molecule has 14 heavy (non-hydrogen) atoms. The van der Waals surface area contributed by atoms with E-state index in [-0.39, 0.29) is 5.91 Å². The van der Waals surface area contributed by atoms with Gasteiger partial charge in [0.2, 0.25) is 0 Å². The molecule has 1 atom stereocenters. The van der Waals surface area contributed by atoms with Gasteiger partial charge in [0, 0.05) is 11.8 Å². The maximum atomic E-state index is 11.3. The predicted molar refractivity (Wildman–Crippen MR) is 53.8 cm³/mol. The van der Waals surface area contributed by atoms with Crippen molar-refractivity contribution in [3.8, 4) is 0 Å². The van der Waals surface area contributed by atoms with Crippen LogP contribution in [0.4, 0.5) is 4.79 Å². The monoisotopic (exact) mass is 218 g/mol. The lowest BCUT2D eigenvalue weighted by atomic mass is 10.1. The minimum atomic E-state index is -0.503. The first kappa shape index (κ1) is 11.3. The molecular weight excluding hydrogens is 204 g/mol. The fourth-order valence-corrected chi connectivity index (χ4v) is 1.64. The molecule has 0 aliphatic carbocycles. The Morgan fingerprint density at radius 1 is 1.36 bits per heavy atom. The van der Waals surface area contributed by atoms with Crippen LogP contribution in [0.2, 0.25) is 0 Å². The molecule has 0 aromatic carbocycles. The molecule has 0 aromatic rings. The Kier molecular flexibility index (Phi) is 4.20. The van der Waals surface area contributed by atoms with Crippen molar-refractivity contribution in [2.75, 3.05) is 0 Å². The van der Waals surface area contributed by atoms with E-state index in [0.29, 0.717) is 10.8 Å². The number of imide groups is 1. The second-order valence-corrected chi connectivity index (χ2v) is 3.81. The maximum Gasteiger partial charge on any atom is 0.339 e. The van der Waals surface area contributed by atoms with Gasteiger partial charge < -0.3 is 5.32 Å². The van der Waals surface area contributed by atoms with E-state index in [2.05, 4.69) is 12.2 Å². The minimum Gasteiger partial charge on any atom is -0.325 e. The van der Waals surface area contributed by atoms with Crippen molar-refractivity contribution in [3.05, 3.63) is 0 Å². The molecule has 0 aromatic heterocycles. The van der Waals surface area contributed by atoms with Gasteiger partial charge in [0.15, 0.2) is 0 Å². The molecule has 0 saturated carbocycles. The molecular formula is C9H15ClN2O2. The lowest BCUT2D eigenvalue weighted by Gasteiger charge is -2.05. The van der Waals surface area contributed by atoms with Crippen LogP contribution in [0, 0.1) is 0 Å². The fraction of sp³-hybridized carbons (Fsp3) is 0.778. The summed E-state index contributed by atoms with van der Waals surface area (Å²) in [5, 5.41) is 2.54. The summed E-state index contributed by atoms with van der Waals surface area (Å²) in [5.41, 5.74) is 0. The number of amides is 3. The van der Waals surface area contributed by atoms with Gasteiger partial charge in [-0.25, -0.2) is 4.79 Å². The Morgan fingerprint density at radius 3 is 2.57 bits per heavy atom. The van der Waals surface area contributed by atoms with E-state index in [4.69, 9.17) is 11.8 Å². The summed E-state index contributed by atoms with van der Waals surface area (Å²) >= 11 is 5.42. The molecule has 1 fully saturated rings. The first-order valence-corrected chi connectivity index (χ1v) is 5.31. The zero-order chi connectivity index (χ0) is 10.6. The van der Waals surface area contributed by atoms with Gasteiger partial charge in [0.05, 0.1) is 0 Å². The third-order valence-corrected chi connectivity index (χ3v) is 2.63. The first-order chi connectivity index (χ1) is 6.66. The van der Waals surface area contributed by atoms with Gasteiger partial charge in [-0.05, 0) is 6.42 Å². The molecule has 1 aliphatic heterocycles. The normalized spacial score (nSPS) is 21.6. The number of unbranched alkanes of at least 4 members (excludes halogenated alkanes) is 3. The summed E-state index contributed by atoms with van der Waals surface area (Å²) < 4.78 is 0.629. The van der Waals surface area contributed by atoms with Crippen molar-refractivity contribution in [3.63, 3.8) is 0 Å². The van der Waals surface area contributed by atoms with Crippen LogP contribution in [0.1, 0.15) is 39.0 Å². The van der Waals surface area contributed by atoms with Crippen LogP contribution in [0.25, 0.3) is 0 Å². The lowest BCUT2D eigenvalue weighted by Crippen LogP contribution is -2.28. The highest BCUT2D eigenvalue weighted by molar-refractivity contribution is 6.32. The molecule has 0 radical (unpaired) electrons. The third-order valence-electron chi connectivity index (χ3n) is 2.31. The van der Waals surface area contributed by atoms with Gasteiger partial charge in [0.25, 0.3) is 5.91 Å². The quantitative estimate of drug-likeness (QED) is 0.436. The Labute approximate surface area is 88.7 Å². The number of carbonyl (C=O) groups excluding carboxylic acids is 2. The lowest BCUT2D eigenvalue weighted by molar-refractivity contribution is -0.124. The standard InChI is InChI=1S/C9H15ClN2O2/c1-2-3-4-5-6-7-8(13)12(10)9(14)11-7/h7H,2-6H2,1H3,(H,11,14). The van der Waals surface area contributed by atoms with Crippen molar-refractivity contribution in [2.45, 2.75) is 45.1 Å². The number of halogens is 1. The van der Waals surface area contributed by atoms with Crippen LogP contribution in [0.3, 0.4) is 0 Å². The third kappa shape index (κ3) is 2.61. The van der Waals surface area contributed by atoms with Gasteiger partial charge in [-0.15, -0.1) is 0 Å². The van der Waals surface area contributed by atoms with E-state index < -0.39 is 12.1 Å². The molecule has 1 heterocycles. The summed E-state index contributed by atoms with van der Waals surface area (Å²) in [7, 11) is 0. The van der Waals surface area contributed by atoms with E-state index >= 15 is 0 Å². The van der Waals surface area contributed by atoms with E-state index in [9.17, 15) is 9.59 Å². The number of nitrogens with one attached hydrogen (secondary N) is 1. The van der Waals surface area contributed by atoms with Crippen LogP contribution >= 0.6 is 11.8 Å². The largest absolute Gasteiger partial charge is 0.339 e. The number of nitrogens with zero attached hydrogens (tertiary/aromatic N) is 1. The van der Waals surface area contributed by atoms with Crippen molar-refractivity contribution in [1.29, 1.82) is 0 Å². The van der Waals surface area contributed by atoms with E-state index in [0.717, 1.165) is 19.3 Å². The summed E-state index contributed by atoms with van der Waals surface area (Å²) in [5.74, 6) is -0.326. The fourth-order valence-electron chi connectivity index (χ4n) is 1.48. The molecule has 1 saturated heterocycles. The number of hydrogen-bond acceptors (Lipinski definition) is 2. The van der Waals surface area contributed by atoms with Crippen molar-refractivity contribution >= 4 is 23.7 Å². The zero-order valence-electron chi connectivity index (χ0n) is 8.25. The molecule has 0 spiro atoms. The van der Waals surface area contributed by atoms with Gasteiger partial charge in [-0.1, -0.05) is 32.6 Å². The number of urea groups is 1. The number of rotatable bonds is 5. The molecule has 80 valence electrons. The van der Waals surface area contributed by atoms with Crippen molar-refractivity contribution in [2.24, 2.45) is 0 Å². The van der Waals surface area contributed by atoms with E-state index in [1.165, 1.54) is 6.42 Å². The molecule has 5 heteroatoms. The molecule has 1 unspecified atom stereocenters. The van der Waals surface area contributed by atoms with Crippen LogP contribution in [0.5, 0.6) is 0 Å². The average molecular weight is 219 g/mol. The molecule has 1 aliphatic rings. The van der Waals surface area contributed by atoms with E-state index in [1.807, 2.05) is 0 Å². The topological polar surface area (TPSA) is 49.4 Å². The van der Waals surface area contributed by atoms with Gasteiger partial charge >= 0.3 is 6.03 Å². The predicted octanol–water partition coefficient (Wildman–Crippen LogP) is 2.03. The Hall–Kier alpha value is -0.770. The van der Waals surface area contributed by atoms with Gasteiger partial charge in [0.1, 0.15) is 6.04 Å². The highest BCUT2D eigenvalue weighted by Gasteiger charge is 2.36. The van der Waals surface area contributed by atoms with E-state index in [1.54, 1.807) is 0 Å². The van der Waals surface area contributed by atoms with Crippen molar-refractivity contribution < 1.29 is 9.59 Å². The summed E-state index contributed by atoms with van der Waals surface area (Å²) in [6.07, 6.45) is 5.06. The summed E-state index contributed by atoms with van der Waals surface area (Å²) in [6, 6.07) is -0.908. The van der Waals surface area contributed by atoms with Crippen LogP contribution < -0.4 is 5.32 Å². The molecule has 3 amide bonds. The minimum absolute atomic E-state index is 0.326. The van der Waals surface area contributed by atoms with Crippen molar-refractivity contribution in [1.82, 2.24) is 9.74 Å². The smallest absolute Gasteiger partial charge is 0.325 e. The zero-order valence-corrected chi connectivity index (χ0v) is 9.01. The van der Waals surface area contributed by atoms with Gasteiger partial charge in [-0.2, -0.15) is 4.42 Å². The molecule has 1 rings (SSSR count). The van der Waals surface area contributed by atoms with Crippen LogP contribution in [0.15, 0.2) is 0 Å². The maximum absolute atomic E-state index is 11.3. The summed E-state index contributed by atoms with van der Waals surface area (Å²) in [4.78, 5) is 22.2. The van der Waals surface area contributed by atoms with Gasteiger partial charge in [-0.3, -0.25) is 4.79 Å². The Morgan fingerprint density at radius 2 is 2.07 bits per heavy atom. The second kappa shape index (κ2) is 5.20. The second-order valence-electron chi connectivity index (χ2n) is 3.47. The van der Waals surface area contributed by atoms with Crippen LogP contribution in [-0.4, -0.2) is 22.4 Å². The highest BCUT2D eigenvalue weighted by Crippen LogP contribution is 2.14. The summed E-state index contributed by atoms with van der Waals surface area (Å²) in [6.45, 7) is 2.13.